The third-order valence-electron chi connectivity index (χ3n) is 4.17. The van der Waals surface area contributed by atoms with Crippen molar-refractivity contribution in [3.8, 4) is 5.75 Å². The molecule has 0 unspecified atom stereocenters. The van der Waals surface area contributed by atoms with Gasteiger partial charge in [-0.1, -0.05) is 23.1 Å². The Labute approximate surface area is 164 Å². The first-order valence-corrected chi connectivity index (χ1v) is 10.4. The number of ketones is 1. The van der Waals surface area contributed by atoms with Crippen LogP contribution < -0.4 is 15.4 Å². The molecule has 4 rings (SSSR count). The van der Waals surface area contributed by atoms with Gasteiger partial charge < -0.3 is 20.1 Å². The van der Waals surface area contributed by atoms with Crippen LogP contribution in [-0.4, -0.2) is 53.5 Å². The lowest BCUT2D eigenvalue weighted by molar-refractivity contribution is -0.118. The van der Waals surface area contributed by atoms with Gasteiger partial charge in [0.1, 0.15) is 5.75 Å². The first-order valence-electron chi connectivity index (χ1n) is 8.59. The molecule has 0 bridgehead atoms. The minimum Gasteiger partial charge on any atom is -0.482 e. The lowest BCUT2D eigenvalue weighted by Crippen LogP contribution is -2.25. The summed E-state index contributed by atoms with van der Waals surface area (Å²) in [6, 6.07) is 5.04. The monoisotopic (exact) mass is 406 g/mol. The van der Waals surface area contributed by atoms with Gasteiger partial charge in [0, 0.05) is 18.7 Å². The second-order valence-electron chi connectivity index (χ2n) is 6.15. The highest BCUT2D eigenvalue weighted by Crippen LogP contribution is 2.30. The van der Waals surface area contributed by atoms with Crippen molar-refractivity contribution < 1.29 is 19.1 Å². The van der Waals surface area contributed by atoms with Crippen LogP contribution in [0.2, 0.25) is 0 Å². The number of aromatic nitrogens is 2. The number of anilines is 2. The topological polar surface area (TPSA) is 102 Å². The molecule has 0 saturated carbocycles. The highest BCUT2D eigenvalue weighted by Gasteiger charge is 2.19. The maximum absolute atomic E-state index is 12.4. The molecule has 0 spiro atoms. The summed E-state index contributed by atoms with van der Waals surface area (Å²) in [4.78, 5) is 23.8. The van der Waals surface area contributed by atoms with E-state index >= 15 is 0 Å². The summed E-state index contributed by atoms with van der Waals surface area (Å²) in [6.45, 7) is 1.54. The molecule has 0 radical (unpaired) electrons. The predicted octanol–water partition coefficient (Wildman–Crippen LogP) is 2.43. The molecule has 2 aliphatic heterocycles. The van der Waals surface area contributed by atoms with Crippen molar-refractivity contribution in [3.63, 3.8) is 0 Å². The lowest BCUT2D eigenvalue weighted by Gasteiger charge is -2.18. The number of thioether (sulfide) groups is 1. The molecule has 2 N–H and O–H groups in total. The van der Waals surface area contributed by atoms with Crippen LogP contribution in [0, 0.1) is 0 Å². The highest BCUT2D eigenvalue weighted by molar-refractivity contribution is 8.01. The van der Waals surface area contributed by atoms with Gasteiger partial charge in [-0.2, -0.15) is 0 Å². The van der Waals surface area contributed by atoms with Crippen LogP contribution in [0.5, 0.6) is 5.75 Å². The summed E-state index contributed by atoms with van der Waals surface area (Å²) in [6.07, 6.45) is 2.40. The van der Waals surface area contributed by atoms with E-state index in [2.05, 4.69) is 20.8 Å². The first kappa shape index (κ1) is 18.2. The molecule has 1 atom stereocenters. The van der Waals surface area contributed by atoms with E-state index in [1.165, 1.54) is 23.1 Å². The van der Waals surface area contributed by atoms with Gasteiger partial charge in [-0.05, 0) is 31.0 Å². The van der Waals surface area contributed by atoms with Gasteiger partial charge in [0.2, 0.25) is 5.13 Å². The number of ether oxygens (including phenoxy) is 2. The van der Waals surface area contributed by atoms with Crippen molar-refractivity contribution in [1.82, 2.24) is 10.2 Å². The maximum Gasteiger partial charge on any atom is 0.262 e. The fraction of sp³-hybridized carbons (Fsp3) is 0.412. The van der Waals surface area contributed by atoms with E-state index in [-0.39, 0.29) is 30.2 Å². The average molecular weight is 406 g/mol. The number of benzene rings is 1. The Morgan fingerprint density at radius 3 is 3.19 bits per heavy atom. The number of carbonyl (C=O) groups excluding carboxylic acids is 2. The van der Waals surface area contributed by atoms with Gasteiger partial charge in [0.05, 0.1) is 17.5 Å². The number of rotatable bonds is 7. The Balaban J connectivity index is 1.30. The number of fused-ring (bicyclic) bond motifs is 1. The minimum atomic E-state index is -0.224. The van der Waals surface area contributed by atoms with Crippen molar-refractivity contribution >= 4 is 45.6 Å². The number of nitrogens with zero attached hydrogens (tertiary/aromatic N) is 2. The van der Waals surface area contributed by atoms with Crippen molar-refractivity contribution in [3.05, 3.63) is 23.8 Å². The standard InChI is InChI=1S/C17H18N4O4S2/c22-13(10-3-4-14-12(6-10)19-15(23)8-25-14)9-26-17-21-20-16(27-17)18-7-11-2-1-5-24-11/h3-4,6,11H,1-2,5,7-9H2,(H,18,20)(H,19,23)/t11-/m1/s1. The van der Waals surface area contributed by atoms with Crippen LogP contribution in [0.25, 0.3) is 0 Å². The molecule has 27 heavy (non-hydrogen) atoms. The van der Waals surface area contributed by atoms with E-state index in [0.717, 1.165) is 35.5 Å². The molecule has 3 heterocycles. The van der Waals surface area contributed by atoms with Gasteiger partial charge in [0.15, 0.2) is 16.7 Å². The van der Waals surface area contributed by atoms with Crippen molar-refractivity contribution in [2.45, 2.75) is 23.3 Å². The zero-order valence-corrected chi connectivity index (χ0v) is 16.0. The molecule has 2 aromatic rings. The van der Waals surface area contributed by atoms with Gasteiger partial charge >= 0.3 is 0 Å². The zero-order chi connectivity index (χ0) is 18.6. The van der Waals surface area contributed by atoms with Gasteiger partial charge in [-0.3, -0.25) is 9.59 Å². The molecular formula is C17H18N4O4S2. The number of hydrogen-bond donors (Lipinski definition) is 2. The summed E-state index contributed by atoms with van der Waals surface area (Å²) >= 11 is 2.77. The number of amides is 1. The molecule has 2 aliphatic rings. The van der Waals surface area contributed by atoms with E-state index in [1.807, 2.05) is 0 Å². The predicted molar refractivity (Wildman–Crippen MR) is 103 cm³/mol. The number of nitrogens with one attached hydrogen (secondary N) is 2. The molecular weight excluding hydrogens is 388 g/mol. The summed E-state index contributed by atoms with van der Waals surface area (Å²) < 4.78 is 11.6. The largest absolute Gasteiger partial charge is 0.482 e. The minimum absolute atomic E-state index is 0.00354. The molecule has 0 aliphatic carbocycles. The SMILES string of the molecule is O=C1COc2ccc(C(=O)CSc3nnc(NC[C@H]4CCCO4)s3)cc2N1. The lowest BCUT2D eigenvalue weighted by atomic mass is 10.1. The molecule has 1 aromatic carbocycles. The van der Waals surface area contributed by atoms with E-state index in [0.29, 0.717) is 17.0 Å². The third-order valence-corrected chi connectivity index (χ3v) is 6.19. The van der Waals surface area contributed by atoms with E-state index in [9.17, 15) is 9.59 Å². The molecule has 1 amide bonds. The summed E-state index contributed by atoms with van der Waals surface area (Å²) in [7, 11) is 0. The second-order valence-corrected chi connectivity index (χ2v) is 8.35. The molecule has 1 saturated heterocycles. The summed E-state index contributed by atoms with van der Waals surface area (Å²) in [5.74, 6) is 0.545. The maximum atomic E-state index is 12.4. The van der Waals surface area contributed by atoms with Crippen molar-refractivity contribution in [2.24, 2.45) is 0 Å². The fourth-order valence-electron chi connectivity index (χ4n) is 2.81. The van der Waals surface area contributed by atoms with Crippen molar-refractivity contribution in [2.75, 3.05) is 36.1 Å². The van der Waals surface area contributed by atoms with Crippen LogP contribution in [0.4, 0.5) is 10.8 Å². The van der Waals surface area contributed by atoms with E-state index in [4.69, 9.17) is 9.47 Å². The average Bonchev–Trinajstić information content (AvgIpc) is 3.35. The highest BCUT2D eigenvalue weighted by atomic mass is 32.2. The Kier molecular flexibility index (Phi) is 5.55. The van der Waals surface area contributed by atoms with Gasteiger partial charge in [-0.15, -0.1) is 10.2 Å². The third kappa shape index (κ3) is 4.57. The Bertz CT molecular complexity index is 851. The van der Waals surface area contributed by atoms with Gasteiger partial charge in [0.25, 0.3) is 5.91 Å². The Morgan fingerprint density at radius 2 is 2.33 bits per heavy atom. The summed E-state index contributed by atoms with van der Waals surface area (Å²) in [5.41, 5.74) is 1.05. The second kappa shape index (κ2) is 8.24. The Morgan fingerprint density at radius 1 is 1.41 bits per heavy atom. The zero-order valence-electron chi connectivity index (χ0n) is 14.4. The number of hydrogen-bond acceptors (Lipinski definition) is 9. The van der Waals surface area contributed by atoms with Crippen LogP contribution in [-0.2, 0) is 9.53 Å². The molecule has 1 fully saturated rings. The molecule has 142 valence electrons. The van der Waals surface area contributed by atoms with Crippen molar-refractivity contribution in [1.29, 1.82) is 0 Å². The first-order chi connectivity index (χ1) is 13.2. The van der Waals surface area contributed by atoms with Crippen LogP contribution in [0.15, 0.2) is 22.5 Å². The summed E-state index contributed by atoms with van der Waals surface area (Å²) in [5, 5.41) is 14.9. The fourth-order valence-corrected chi connectivity index (χ4v) is 4.47. The smallest absolute Gasteiger partial charge is 0.262 e. The van der Waals surface area contributed by atoms with Crippen LogP contribution in [0.3, 0.4) is 0 Å². The molecule has 8 nitrogen and oxygen atoms in total. The number of carbonyl (C=O) groups is 2. The molecule has 1 aromatic heterocycles. The van der Waals surface area contributed by atoms with Gasteiger partial charge in [-0.25, -0.2) is 0 Å². The van der Waals surface area contributed by atoms with E-state index in [1.54, 1.807) is 18.2 Å². The van der Waals surface area contributed by atoms with E-state index < -0.39 is 0 Å². The Hall–Kier alpha value is -2.17. The molecule has 10 heteroatoms. The van der Waals surface area contributed by atoms with Crippen LogP contribution in [0.1, 0.15) is 23.2 Å². The quantitative estimate of drug-likeness (QED) is 0.534. The number of Topliss-reactive ketones (excluding diaryl/α,β-unsaturated/α-hetero) is 1. The normalized spacial score (nSPS) is 18.5. The van der Waals surface area contributed by atoms with Crippen LogP contribution >= 0.6 is 23.1 Å².